The molecule has 0 spiro atoms. The molecule has 0 radical (unpaired) electrons. The molecule has 1 heterocycles. The quantitative estimate of drug-likeness (QED) is 0.635. The average molecular weight is 245 g/mol. The molecule has 3 unspecified atom stereocenters. The molecule has 1 fully saturated rings. The zero-order valence-corrected chi connectivity index (χ0v) is 10.1. The first-order chi connectivity index (χ1) is 8.13. The molecule has 0 saturated carbocycles. The number of carbonyl (C=O) groups excluding carboxylic acids is 2. The minimum atomic E-state index is -0.995. The molecule has 1 amide bonds. The Bertz CT molecular complexity index is 281. The summed E-state index contributed by atoms with van der Waals surface area (Å²) in [6.07, 6.45) is 1.29. The summed E-state index contributed by atoms with van der Waals surface area (Å²) in [6, 6.07) is -0.995. The summed E-state index contributed by atoms with van der Waals surface area (Å²) in [5, 5.41) is 11.5. The van der Waals surface area contributed by atoms with Gasteiger partial charge in [-0.25, -0.2) is 4.79 Å². The summed E-state index contributed by atoms with van der Waals surface area (Å²) < 4.78 is 9.87. The lowest BCUT2D eigenvalue weighted by Crippen LogP contribution is -2.47. The molecular weight excluding hydrogens is 226 g/mol. The highest BCUT2D eigenvalue weighted by atomic mass is 16.5. The Morgan fingerprint density at radius 1 is 1.59 bits per heavy atom. The molecule has 1 aliphatic rings. The van der Waals surface area contributed by atoms with Gasteiger partial charge in [-0.3, -0.25) is 4.79 Å². The summed E-state index contributed by atoms with van der Waals surface area (Å²) in [6.45, 7) is 2.03. The number of nitrogens with one attached hydrogen (secondary N) is 1. The number of amides is 1. The zero-order valence-electron chi connectivity index (χ0n) is 10.1. The molecule has 0 aliphatic carbocycles. The molecule has 0 aromatic carbocycles. The van der Waals surface area contributed by atoms with E-state index in [0.29, 0.717) is 13.0 Å². The molecule has 6 nitrogen and oxygen atoms in total. The first-order valence-electron chi connectivity index (χ1n) is 5.74. The fourth-order valence-corrected chi connectivity index (χ4v) is 1.95. The van der Waals surface area contributed by atoms with E-state index in [0.717, 1.165) is 6.42 Å². The predicted molar refractivity (Wildman–Crippen MR) is 59.2 cm³/mol. The predicted octanol–water partition coefficient (Wildman–Crippen LogP) is -0.548. The lowest BCUT2D eigenvalue weighted by atomic mass is 9.98. The maximum absolute atomic E-state index is 11.9. The molecule has 6 heteroatoms. The topological polar surface area (TPSA) is 84.9 Å². The van der Waals surface area contributed by atoms with Crippen LogP contribution in [0.2, 0.25) is 0 Å². The molecule has 3 atom stereocenters. The lowest BCUT2D eigenvalue weighted by Gasteiger charge is -2.19. The first-order valence-corrected chi connectivity index (χ1v) is 5.74. The van der Waals surface area contributed by atoms with Gasteiger partial charge in [0, 0.05) is 6.61 Å². The molecule has 0 aromatic rings. The third kappa shape index (κ3) is 3.41. The van der Waals surface area contributed by atoms with Gasteiger partial charge in [0.2, 0.25) is 5.91 Å². The number of aliphatic hydroxyl groups is 1. The number of methoxy groups -OCH3 is 1. The lowest BCUT2D eigenvalue weighted by molar-refractivity contribution is -0.147. The molecule has 0 aromatic heterocycles. The number of carbonyl (C=O) groups is 2. The van der Waals surface area contributed by atoms with Crippen molar-refractivity contribution >= 4 is 11.9 Å². The smallest absolute Gasteiger partial charge is 0.330 e. The summed E-state index contributed by atoms with van der Waals surface area (Å²) in [4.78, 5) is 23.1. The minimum absolute atomic E-state index is 0.105. The van der Waals surface area contributed by atoms with Crippen LogP contribution < -0.4 is 5.32 Å². The normalized spacial score (nSPS) is 25.4. The number of hydrogen-bond donors (Lipinski definition) is 2. The molecule has 17 heavy (non-hydrogen) atoms. The van der Waals surface area contributed by atoms with Crippen LogP contribution in [-0.2, 0) is 19.1 Å². The van der Waals surface area contributed by atoms with Crippen molar-refractivity contribution in [3.63, 3.8) is 0 Å². The second-order valence-electron chi connectivity index (χ2n) is 3.98. The minimum Gasteiger partial charge on any atom is -0.467 e. The van der Waals surface area contributed by atoms with E-state index in [2.05, 4.69) is 10.1 Å². The second kappa shape index (κ2) is 6.56. The van der Waals surface area contributed by atoms with E-state index >= 15 is 0 Å². The van der Waals surface area contributed by atoms with Crippen LogP contribution in [0.4, 0.5) is 0 Å². The van der Waals surface area contributed by atoms with Crippen molar-refractivity contribution in [2.75, 3.05) is 20.3 Å². The summed E-state index contributed by atoms with van der Waals surface area (Å²) in [7, 11) is 1.21. The molecule has 1 saturated heterocycles. The van der Waals surface area contributed by atoms with Gasteiger partial charge in [0.25, 0.3) is 0 Å². The van der Waals surface area contributed by atoms with Gasteiger partial charge >= 0.3 is 5.97 Å². The Balaban J connectivity index is 2.55. The molecular formula is C11H19NO5. The van der Waals surface area contributed by atoms with Crippen molar-refractivity contribution in [2.24, 2.45) is 5.92 Å². The molecule has 0 bridgehead atoms. The monoisotopic (exact) mass is 245 g/mol. The van der Waals surface area contributed by atoms with Gasteiger partial charge in [0.05, 0.1) is 25.7 Å². The fourth-order valence-electron chi connectivity index (χ4n) is 1.95. The highest BCUT2D eigenvalue weighted by molar-refractivity contribution is 5.86. The van der Waals surface area contributed by atoms with E-state index in [-0.39, 0.29) is 17.9 Å². The standard InChI is InChI=1S/C11H19NO5/c1-3-9-7(4-5-17-9)10(14)12-8(6-13)11(15)16-2/h7-9,13H,3-6H2,1-2H3,(H,12,14). The van der Waals surface area contributed by atoms with Gasteiger partial charge in [-0.05, 0) is 12.8 Å². The number of esters is 1. The van der Waals surface area contributed by atoms with E-state index < -0.39 is 18.6 Å². The maximum Gasteiger partial charge on any atom is 0.330 e. The highest BCUT2D eigenvalue weighted by Gasteiger charge is 2.34. The van der Waals surface area contributed by atoms with Crippen molar-refractivity contribution in [3.8, 4) is 0 Å². The number of hydrogen-bond acceptors (Lipinski definition) is 5. The Hall–Kier alpha value is -1.14. The maximum atomic E-state index is 11.9. The van der Waals surface area contributed by atoms with Gasteiger partial charge < -0.3 is 19.9 Å². The Kier molecular flexibility index (Phi) is 5.37. The van der Waals surface area contributed by atoms with Crippen LogP contribution >= 0.6 is 0 Å². The summed E-state index contributed by atoms with van der Waals surface area (Å²) in [5.41, 5.74) is 0. The van der Waals surface area contributed by atoms with E-state index in [4.69, 9.17) is 9.84 Å². The van der Waals surface area contributed by atoms with Gasteiger partial charge in [0.15, 0.2) is 6.04 Å². The van der Waals surface area contributed by atoms with Crippen LogP contribution in [0.25, 0.3) is 0 Å². The largest absolute Gasteiger partial charge is 0.467 e. The van der Waals surface area contributed by atoms with Gasteiger partial charge in [0.1, 0.15) is 0 Å². The van der Waals surface area contributed by atoms with Crippen LogP contribution in [0.3, 0.4) is 0 Å². The van der Waals surface area contributed by atoms with E-state index in [1.807, 2.05) is 6.92 Å². The molecule has 1 aliphatic heterocycles. The summed E-state index contributed by atoms with van der Waals surface area (Å²) in [5.74, 6) is -1.16. The number of rotatable bonds is 5. The number of ether oxygens (including phenoxy) is 2. The Morgan fingerprint density at radius 3 is 2.82 bits per heavy atom. The molecule has 98 valence electrons. The van der Waals surface area contributed by atoms with Crippen LogP contribution in [0.1, 0.15) is 19.8 Å². The molecule has 2 N–H and O–H groups in total. The SMILES string of the molecule is CCC1OCCC1C(=O)NC(CO)C(=O)OC. The number of aliphatic hydroxyl groups excluding tert-OH is 1. The van der Waals surface area contributed by atoms with Gasteiger partial charge in [-0.15, -0.1) is 0 Å². The molecule has 1 rings (SSSR count). The van der Waals surface area contributed by atoms with E-state index in [1.54, 1.807) is 0 Å². The van der Waals surface area contributed by atoms with E-state index in [1.165, 1.54) is 7.11 Å². The third-order valence-corrected chi connectivity index (χ3v) is 2.93. The van der Waals surface area contributed by atoms with Crippen molar-refractivity contribution in [1.82, 2.24) is 5.32 Å². The highest BCUT2D eigenvalue weighted by Crippen LogP contribution is 2.23. The average Bonchev–Trinajstić information content (AvgIpc) is 2.82. The Morgan fingerprint density at radius 2 is 2.29 bits per heavy atom. The fraction of sp³-hybridized carbons (Fsp3) is 0.818. The van der Waals surface area contributed by atoms with Crippen molar-refractivity contribution in [1.29, 1.82) is 0 Å². The van der Waals surface area contributed by atoms with Crippen molar-refractivity contribution in [2.45, 2.75) is 31.9 Å². The van der Waals surface area contributed by atoms with Crippen LogP contribution in [0.5, 0.6) is 0 Å². The second-order valence-corrected chi connectivity index (χ2v) is 3.98. The summed E-state index contributed by atoms with van der Waals surface area (Å²) >= 11 is 0. The first kappa shape index (κ1) is 13.9. The zero-order chi connectivity index (χ0) is 12.8. The van der Waals surface area contributed by atoms with Crippen molar-refractivity contribution < 1.29 is 24.2 Å². The van der Waals surface area contributed by atoms with Crippen LogP contribution in [-0.4, -0.2) is 49.5 Å². The Labute approximate surface area is 100 Å². The van der Waals surface area contributed by atoms with E-state index in [9.17, 15) is 9.59 Å². The van der Waals surface area contributed by atoms with Gasteiger partial charge in [-0.2, -0.15) is 0 Å². The van der Waals surface area contributed by atoms with Crippen LogP contribution in [0.15, 0.2) is 0 Å². The van der Waals surface area contributed by atoms with Crippen molar-refractivity contribution in [3.05, 3.63) is 0 Å². The van der Waals surface area contributed by atoms with Crippen LogP contribution in [0, 0.1) is 5.92 Å². The van der Waals surface area contributed by atoms with Gasteiger partial charge in [-0.1, -0.05) is 6.92 Å². The third-order valence-electron chi connectivity index (χ3n) is 2.93.